The first-order chi connectivity index (χ1) is 29.7. The summed E-state index contributed by atoms with van der Waals surface area (Å²) in [6, 6.07) is 33.3. The van der Waals surface area contributed by atoms with E-state index >= 15 is 0 Å². The molecule has 312 valence electrons. The maximum Gasteiger partial charge on any atom is 0.433 e. The number of aromatic nitrogens is 7. The Morgan fingerprint density at radius 3 is 1.60 bits per heavy atom. The Morgan fingerprint density at radius 1 is 0.532 bits per heavy atom. The normalized spacial score (nSPS) is 10.9. The number of benzene rings is 3. The average Bonchev–Trinajstić information content (AvgIpc) is 3.22. The summed E-state index contributed by atoms with van der Waals surface area (Å²) < 4.78 is 49.9. The summed E-state index contributed by atoms with van der Waals surface area (Å²) in [7, 11) is 0. The molecule has 0 amide bonds. The molecular weight excluding hydrogens is 798 g/mol. The number of nitrogens with two attached hydrogens (primary N) is 3. The quantitative estimate of drug-likeness (QED) is 0.0868. The summed E-state index contributed by atoms with van der Waals surface area (Å²) >= 11 is 0. The van der Waals surface area contributed by atoms with E-state index in [0.29, 0.717) is 40.3 Å². The molecule has 0 spiro atoms. The molecule has 8 aromatic rings. The molecule has 0 saturated heterocycles. The fourth-order valence-electron chi connectivity index (χ4n) is 6.10. The fourth-order valence-corrected chi connectivity index (χ4v) is 6.10. The van der Waals surface area contributed by atoms with E-state index < -0.39 is 11.9 Å². The molecule has 0 bridgehead atoms. The second-order valence-electron chi connectivity index (χ2n) is 13.7. The summed E-state index contributed by atoms with van der Waals surface area (Å²) in [6.45, 7) is 5.93. The highest BCUT2D eigenvalue weighted by molar-refractivity contribution is 5.72. The minimum Gasteiger partial charge on any atom is -0.457 e. The molecule has 5 heterocycles. The molecule has 0 fully saturated rings. The van der Waals surface area contributed by atoms with E-state index in [2.05, 4.69) is 45.5 Å². The van der Waals surface area contributed by atoms with E-state index in [4.69, 9.17) is 26.7 Å². The van der Waals surface area contributed by atoms with Gasteiger partial charge in [0.15, 0.2) is 0 Å². The Morgan fingerprint density at radius 2 is 1.06 bits per heavy atom. The Bertz CT molecular complexity index is 2790. The van der Waals surface area contributed by atoms with Gasteiger partial charge in [-0.2, -0.15) is 23.1 Å². The van der Waals surface area contributed by atoms with Crippen molar-refractivity contribution in [3.63, 3.8) is 0 Å². The van der Waals surface area contributed by atoms with Crippen LogP contribution in [0.5, 0.6) is 23.0 Å². The standard InChI is InChI=1S/C24H20F3N5O.C21H19N7O/c1-14-4-3-5-15(2)22(14)19-13-21(32-23(28)31-19)30-16-6-8-17(9-7-16)33-18-10-11-29-20(12-18)24(25,26)27;1-13-10-17(8-9-24-13)29-16-5-3-15(4-6-16)26-20-11-18(27-21(23)28-20)14-2-7-19(22)25-12-14/h3-13H,1-2H3,(H3,28,30,31,32);2-12H,1H3,(H2,22,25)(H3,23,26,27,28). The fraction of sp³-hybridized carbons (Fsp3) is 0.0889. The van der Waals surface area contributed by atoms with Crippen LogP contribution in [0.15, 0.2) is 134 Å². The molecule has 0 aliphatic rings. The molecule has 8 rings (SSSR count). The van der Waals surface area contributed by atoms with Gasteiger partial charge in [-0.3, -0.25) is 9.97 Å². The molecular formula is C45H39F3N12O2. The third-order valence-electron chi connectivity index (χ3n) is 8.92. The van der Waals surface area contributed by atoms with Crippen LogP contribution in [-0.4, -0.2) is 34.9 Å². The number of nitrogens with one attached hydrogen (secondary N) is 2. The van der Waals surface area contributed by atoms with Crippen molar-refractivity contribution in [2.45, 2.75) is 26.9 Å². The molecule has 14 nitrogen and oxygen atoms in total. The summed E-state index contributed by atoms with van der Waals surface area (Å²) in [4.78, 5) is 28.7. The number of hydrogen-bond acceptors (Lipinski definition) is 14. The summed E-state index contributed by atoms with van der Waals surface area (Å²) in [5.41, 5.74) is 24.2. The first kappa shape index (κ1) is 41.8. The molecule has 3 aromatic carbocycles. The van der Waals surface area contributed by atoms with Crippen molar-refractivity contribution in [3.8, 4) is 45.5 Å². The second-order valence-corrected chi connectivity index (χ2v) is 13.7. The van der Waals surface area contributed by atoms with E-state index in [1.54, 1.807) is 48.8 Å². The number of ether oxygens (including phenoxy) is 2. The largest absolute Gasteiger partial charge is 0.457 e. The first-order valence-corrected chi connectivity index (χ1v) is 18.9. The monoisotopic (exact) mass is 836 g/mol. The van der Waals surface area contributed by atoms with E-state index in [1.807, 2.05) is 87.5 Å². The Labute approximate surface area is 354 Å². The number of nitrogens with zero attached hydrogens (tertiary/aromatic N) is 7. The third-order valence-corrected chi connectivity index (χ3v) is 8.92. The number of aryl methyl sites for hydroxylation is 3. The minimum absolute atomic E-state index is 0.0415. The van der Waals surface area contributed by atoms with Gasteiger partial charge in [0.25, 0.3) is 0 Å². The highest BCUT2D eigenvalue weighted by Gasteiger charge is 2.32. The molecule has 0 aliphatic heterocycles. The van der Waals surface area contributed by atoms with Gasteiger partial charge in [0.1, 0.15) is 46.1 Å². The number of alkyl halides is 3. The maximum atomic E-state index is 12.8. The van der Waals surface area contributed by atoms with Crippen LogP contribution in [0.4, 0.5) is 53.9 Å². The molecule has 0 saturated carbocycles. The van der Waals surface area contributed by atoms with E-state index in [1.165, 1.54) is 6.07 Å². The summed E-state index contributed by atoms with van der Waals surface area (Å²) in [5.74, 6) is 3.70. The zero-order chi connectivity index (χ0) is 43.8. The van der Waals surface area contributed by atoms with E-state index in [-0.39, 0.29) is 17.6 Å². The molecule has 17 heteroatoms. The Hall–Kier alpha value is -8.34. The van der Waals surface area contributed by atoms with Crippen molar-refractivity contribution in [2.24, 2.45) is 0 Å². The zero-order valence-corrected chi connectivity index (χ0v) is 33.5. The van der Waals surface area contributed by atoms with Crippen LogP contribution < -0.4 is 37.3 Å². The van der Waals surface area contributed by atoms with E-state index in [9.17, 15) is 13.2 Å². The van der Waals surface area contributed by atoms with Crippen molar-refractivity contribution < 1.29 is 22.6 Å². The van der Waals surface area contributed by atoms with Crippen LogP contribution in [-0.2, 0) is 6.18 Å². The van der Waals surface area contributed by atoms with Gasteiger partial charge >= 0.3 is 6.18 Å². The van der Waals surface area contributed by atoms with Gasteiger partial charge in [0.2, 0.25) is 11.9 Å². The topological polar surface area (TPSA) is 211 Å². The van der Waals surface area contributed by atoms with Crippen LogP contribution in [0, 0.1) is 20.8 Å². The predicted molar refractivity (Wildman–Crippen MR) is 233 cm³/mol. The lowest BCUT2D eigenvalue weighted by Gasteiger charge is -2.13. The maximum absolute atomic E-state index is 12.8. The minimum atomic E-state index is -4.54. The SMILES string of the molecule is Cc1cc(Oc2ccc(Nc3cc(-c4ccc(N)nc4)nc(N)n3)cc2)ccn1.Cc1cccc(C)c1-c1cc(Nc2ccc(Oc3ccnc(C(F)(F)F)c3)cc2)nc(N)n1. The molecule has 5 aromatic heterocycles. The van der Waals surface area contributed by atoms with Gasteiger partial charge in [-0.05, 0) is 105 Å². The van der Waals surface area contributed by atoms with Crippen LogP contribution >= 0.6 is 0 Å². The predicted octanol–water partition coefficient (Wildman–Crippen LogP) is 10.2. The average molecular weight is 837 g/mol. The van der Waals surface area contributed by atoms with Crippen LogP contribution in [0.1, 0.15) is 22.5 Å². The Kier molecular flexibility index (Phi) is 12.3. The van der Waals surface area contributed by atoms with Crippen LogP contribution in [0.2, 0.25) is 0 Å². The van der Waals surface area contributed by atoms with Crippen molar-refractivity contribution in [2.75, 3.05) is 27.8 Å². The number of anilines is 7. The van der Waals surface area contributed by atoms with Gasteiger partial charge in [-0.15, -0.1) is 0 Å². The van der Waals surface area contributed by atoms with Crippen molar-refractivity contribution in [1.82, 2.24) is 34.9 Å². The molecule has 0 unspecified atom stereocenters. The van der Waals surface area contributed by atoms with Crippen LogP contribution in [0.3, 0.4) is 0 Å². The lowest BCUT2D eigenvalue weighted by atomic mass is 10.00. The van der Waals surface area contributed by atoms with Crippen molar-refractivity contribution in [3.05, 3.63) is 156 Å². The molecule has 0 atom stereocenters. The zero-order valence-electron chi connectivity index (χ0n) is 33.5. The number of hydrogen-bond donors (Lipinski definition) is 5. The number of halogens is 3. The van der Waals surface area contributed by atoms with Crippen LogP contribution in [0.25, 0.3) is 22.5 Å². The third kappa shape index (κ3) is 11.0. The molecule has 62 heavy (non-hydrogen) atoms. The van der Waals surface area contributed by atoms with Crippen molar-refractivity contribution >= 4 is 40.7 Å². The molecule has 0 aliphatic carbocycles. The number of rotatable bonds is 10. The van der Waals surface area contributed by atoms with Gasteiger partial charge in [-0.25, -0.2) is 15.0 Å². The lowest BCUT2D eigenvalue weighted by molar-refractivity contribution is -0.141. The van der Waals surface area contributed by atoms with Gasteiger partial charge in [-0.1, -0.05) is 18.2 Å². The summed E-state index contributed by atoms with van der Waals surface area (Å²) in [5, 5.41) is 6.39. The highest BCUT2D eigenvalue weighted by atomic mass is 19.4. The second kappa shape index (κ2) is 18.3. The summed E-state index contributed by atoms with van der Waals surface area (Å²) in [6.07, 6.45) is -0.119. The molecule has 8 N–H and O–H groups in total. The highest BCUT2D eigenvalue weighted by Crippen LogP contribution is 2.33. The lowest BCUT2D eigenvalue weighted by Crippen LogP contribution is -2.07. The smallest absolute Gasteiger partial charge is 0.433 e. The van der Waals surface area contributed by atoms with Gasteiger partial charge in [0.05, 0.1) is 11.4 Å². The van der Waals surface area contributed by atoms with E-state index in [0.717, 1.165) is 57.4 Å². The number of nitrogen functional groups attached to an aromatic ring is 3. The van der Waals surface area contributed by atoms with Gasteiger partial charge in [0, 0.05) is 71.1 Å². The number of pyridine rings is 3. The molecule has 0 radical (unpaired) electrons. The first-order valence-electron chi connectivity index (χ1n) is 18.9. The van der Waals surface area contributed by atoms with Gasteiger partial charge < -0.3 is 37.3 Å². The Balaban J connectivity index is 0.000000188. The van der Waals surface area contributed by atoms with Crippen molar-refractivity contribution in [1.29, 1.82) is 0 Å².